The topological polar surface area (TPSA) is 41.1 Å². The van der Waals surface area contributed by atoms with Gasteiger partial charge >= 0.3 is 0 Å². The summed E-state index contributed by atoms with van der Waals surface area (Å²) in [5.74, 6) is -0.0408. The Morgan fingerprint density at radius 3 is 2.95 bits per heavy atom. The Morgan fingerprint density at radius 1 is 1.29 bits per heavy atom. The van der Waals surface area contributed by atoms with Crippen LogP contribution in [0.5, 0.6) is 0 Å². The van der Waals surface area contributed by atoms with Crippen molar-refractivity contribution in [2.45, 2.75) is 19.8 Å². The Kier molecular flexibility index (Phi) is 3.97. The molecule has 0 aromatic heterocycles. The third-order valence-corrected chi connectivity index (χ3v) is 4.27. The van der Waals surface area contributed by atoms with Crippen LogP contribution in [-0.2, 0) is 6.42 Å². The minimum absolute atomic E-state index is 0.0408. The van der Waals surface area contributed by atoms with Crippen LogP contribution in [-0.4, -0.2) is 12.5 Å². The van der Waals surface area contributed by atoms with Crippen molar-refractivity contribution in [3.63, 3.8) is 0 Å². The lowest BCUT2D eigenvalue weighted by molar-refractivity contribution is 0.102. The van der Waals surface area contributed by atoms with Crippen molar-refractivity contribution in [2.24, 2.45) is 0 Å². The van der Waals surface area contributed by atoms with Crippen molar-refractivity contribution < 1.29 is 4.79 Å². The largest absolute Gasteiger partial charge is 0.385 e. The first-order valence-corrected chi connectivity index (χ1v) is 7.88. The van der Waals surface area contributed by atoms with E-state index in [0.717, 1.165) is 51.9 Å². The molecule has 2 aromatic carbocycles. The van der Waals surface area contributed by atoms with Crippen LogP contribution in [0.1, 0.15) is 27.9 Å². The van der Waals surface area contributed by atoms with Crippen LogP contribution < -0.4 is 10.6 Å². The maximum Gasteiger partial charge on any atom is 0.256 e. The number of amides is 1. The summed E-state index contributed by atoms with van der Waals surface area (Å²) in [5.41, 5.74) is 4.87. The van der Waals surface area contributed by atoms with E-state index >= 15 is 0 Å². The number of fused-ring (bicyclic) bond motifs is 1. The number of halogens is 1. The number of benzene rings is 2. The molecule has 1 amide bonds. The van der Waals surface area contributed by atoms with Crippen LogP contribution in [0.25, 0.3) is 0 Å². The second kappa shape index (κ2) is 5.90. The number of hydrogen-bond acceptors (Lipinski definition) is 2. The number of rotatable bonds is 2. The fourth-order valence-electron chi connectivity index (χ4n) is 2.68. The Balaban J connectivity index is 1.89. The Labute approximate surface area is 132 Å². The average molecular weight is 345 g/mol. The van der Waals surface area contributed by atoms with E-state index in [1.165, 1.54) is 0 Å². The van der Waals surface area contributed by atoms with Crippen molar-refractivity contribution in [3.8, 4) is 0 Å². The quantitative estimate of drug-likeness (QED) is 0.849. The van der Waals surface area contributed by atoms with Gasteiger partial charge in [0, 0.05) is 28.0 Å². The Hall–Kier alpha value is -1.81. The summed E-state index contributed by atoms with van der Waals surface area (Å²) in [6.07, 6.45) is 2.01. The standard InChI is InChI=1S/C17H17BrN2O/c1-11-10-12(18)7-8-15(11)20-17(21)14-4-2-6-16-13(14)5-3-9-19-16/h2,4,6-8,10,19H,3,5,9H2,1H3,(H,20,21). The third-order valence-electron chi connectivity index (χ3n) is 3.78. The summed E-state index contributed by atoms with van der Waals surface area (Å²) >= 11 is 3.44. The van der Waals surface area contributed by atoms with Crippen LogP contribution in [0.15, 0.2) is 40.9 Å². The molecule has 0 radical (unpaired) electrons. The molecule has 0 fully saturated rings. The number of nitrogens with one attached hydrogen (secondary N) is 2. The molecule has 0 aliphatic carbocycles. The van der Waals surface area contributed by atoms with Crippen LogP contribution in [0.3, 0.4) is 0 Å². The highest BCUT2D eigenvalue weighted by molar-refractivity contribution is 9.10. The van der Waals surface area contributed by atoms with Gasteiger partial charge in [0.2, 0.25) is 0 Å². The van der Waals surface area contributed by atoms with E-state index in [2.05, 4.69) is 26.6 Å². The first-order valence-electron chi connectivity index (χ1n) is 7.08. The normalized spacial score (nSPS) is 13.2. The molecule has 0 bridgehead atoms. The lowest BCUT2D eigenvalue weighted by Gasteiger charge is -2.20. The maximum atomic E-state index is 12.6. The summed E-state index contributed by atoms with van der Waals surface area (Å²) in [6.45, 7) is 2.96. The highest BCUT2D eigenvalue weighted by Crippen LogP contribution is 2.27. The molecule has 1 aliphatic heterocycles. The molecule has 0 atom stereocenters. The number of aryl methyl sites for hydroxylation is 1. The van der Waals surface area contributed by atoms with Gasteiger partial charge in [-0.15, -0.1) is 0 Å². The molecule has 0 unspecified atom stereocenters. The molecule has 1 aliphatic rings. The molecule has 108 valence electrons. The predicted octanol–water partition coefficient (Wildman–Crippen LogP) is 4.37. The molecule has 21 heavy (non-hydrogen) atoms. The molecule has 3 rings (SSSR count). The zero-order valence-corrected chi connectivity index (χ0v) is 13.5. The minimum Gasteiger partial charge on any atom is -0.385 e. The Bertz CT molecular complexity index is 697. The first-order chi connectivity index (χ1) is 10.1. The highest BCUT2D eigenvalue weighted by atomic mass is 79.9. The van der Waals surface area contributed by atoms with Gasteiger partial charge in [0.1, 0.15) is 0 Å². The van der Waals surface area contributed by atoms with Crippen molar-refractivity contribution >= 4 is 33.2 Å². The lowest BCUT2D eigenvalue weighted by Crippen LogP contribution is -2.19. The SMILES string of the molecule is Cc1cc(Br)ccc1NC(=O)c1cccc2c1CCCN2. The van der Waals surface area contributed by atoms with Gasteiger partial charge in [0.05, 0.1) is 0 Å². The van der Waals surface area contributed by atoms with Crippen molar-refractivity contribution in [1.82, 2.24) is 0 Å². The van der Waals surface area contributed by atoms with Gasteiger partial charge in [-0.2, -0.15) is 0 Å². The molecule has 1 heterocycles. The van der Waals surface area contributed by atoms with E-state index in [1.54, 1.807) is 0 Å². The fraction of sp³-hybridized carbons (Fsp3) is 0.235. The van der Waals surface area contributed by atoms with E-state index in [9.17, 15) is 4.79 Å². The van der Waals surface area contributed by atoms with Crippen LogP contribution in [0.2, 0.25) is 0 Å². The van der Waals surface area contributed by atoms with Gasteiger partial charge in [-0.25, -0.2) is 0 Å². The summed E-state index contributed by atoms with van der Waals surface area (Å²) in [4.78, 5) is 12.6. The molecule has 0 saturated carbocycles. The summed E-state index contributed by atoms with van der Waals surface area (Å²) in [5, 5.41) is 6.37. The second-order valence-electron chi connectivity index (χ2n) is 5.28. The van der Waals surface area contributed by atoms with E-state index in [1.807, 2.05) is 43.3 Å². The van der Waals surface area contributed by atoms with Gasteiger partial charge in [-0.05, 0) is 61.2 Å². The fourth-order valence-corrected chi connectivity index (χ4v) is 3.16. The van der Waals surface area contributed by atoms with Gasteiger partial charge in [0.15, 0.2) is 0 Å². The van der Waals surface area contributed by atoms with Gasteiger partial charge in [0.25, 0.3) is 5.91 Å². The molecule has 4 heteroatoms. The summed E-state index contributed by atoms with van der Waals surface area (Å²) in [6, 6.07) is 11.7. The van der Waals surface area contributed by atoms with E-state index in [0.29, 0.717) is 0 Å². The molecule has 2 N–H and O–H groups in total. The summed E-state index contributed by atoms with van der Waals surface area (Å²) < 4.78 is 1.01. The third kappa shape index (κ3) is 2.95. The average Bonchev–Trinajstić information content (AvgIpc) is 2.49. The maximum absolute atomic E-state index is 12.6. The van der Waals surface area contributed by atoms with Gasteiger partial charge < -0.3 is 10.6 Å². The molecular formula is C17H17BrN2O. The van der Waals surface area contributed by atoms with Crippen LogP contribution in [0, 0.1) is 6.92 Å². The minimum atomic E-state index is -0.0408. The van der Waals surface area contributed by atoms with E-state index in [-0.39, 0.29) is 5.91 Å². The van der Waals surface area contributed by atoms with Gasteiger partial charge in [-0.1, -0.05) is 22.0 Å². The van der Waals surface area contributed by atoms with Crippen molar-refractivity contribution in [3.05, 3.63) is 57.6 Å². The van der Waals surface area contributed by atoms with Crippen LogP contribution in [0.4, 0.5) is 11.4 Å². The van der Waals surface area contributed by atoms with Crippen molar-refractivity contribution in [1.29, 1.82) is 0 Å². The summed E-state index contributed by atoms with van der Waals surface area (Å²) in [7, 11) is 0. The van der Waals surface area contributed by atoms with Crippen LogP contribution >= 0.6 is 15.9 Å². The number of carbonyl (C=O) groups is 1. The number of anilines is 2. The molecule has 0 saturated heterocycles. The number of hydrogen-bond donors (Lipinski definition) is 2. The Morgan fingerprint density at radius 2 is 2.14 bits per heavy atom. The second-order valence-corrected chi connectivity index (χ2v) is 6.19. The van der Waals surface area contributed by atoms with Crippen molar-refractivity contribution in [2.75, 3.05) is 17.2 Å². The monoisotopic (exact) mass is 344 g/mol. The first kappa shape index (κ1) is 14.1. The van der Waals surface area contributed by atoms with Gasteiger partial charge in [-0.3, -0.25) is 4.79 Å². The lowest BCUT2D eigenvalue weighted by atomic mass is 9.97. The predicted molar refractivity (Wildman–Crippen MR) is 90.1 cm³/mol. The molecular weight excluding hydrogens is 328 g/mol. The molecule has 2 aromatic rings. The smallest absolute Gasteiger partial charge is 0.256 e. The van der Waals surface area contributed by atoms with E-state index in [4.69, 9.17) is 0 Å². The zero-order chi connectivity index (χ0) is 14.8. The molecule has 3 nitrogen and oxygen atoms in total. The highest BCUT2D eigenvalue weighted by Gasteiger charge is 2.17. The molecule has 0 spiro atoms. The van der Waals surface area contributed by atoms with E-state index < -0.39 is 0 Å². The zero-order valence-electron chi connectivity index (χ0n) is 11.9. The number of carbonyl (C=O) groups excluding carboxylic acids is 1.